The molecule has 0 aromatic heterocycles. The smallest absolute Gasteiger partial charge is 0.306 e. The van der Waals surface area contributed by atoms with E-state index in [-0.39, 0.29) is 24.9 Å². The van der Waals surface area contributed by atoms with Crippen LogP contribution in [0.25, 0.3) is 0 Å². The molecule has 0 aromatic rings. The van der Waals surface area contributed by atoms with Crippen molar-refractivity contribution in [1.29, 1.82) is 0 Å². The number of aliphatic hydroxyl groups excluding tert-OH is 2. The standard InChI is InChI=1S/C53H91NO5/c1-4-7-10-13-16-19-21-23-24-25-26-27-29-31-34-37-40-43-46-53(58)59-49(44-41-38-35-33-30-28-22-20-17-14-11-8-5-2)47-52(57)54-50(48-55)51(56)45-42-39-36-32-18-15-12-9-6-3/h8,11,14,17,20,22,24-28,30,33,35,49-51,55-56H,4-7,9-10,12-13,15-16,18-19,21,23,29,31-32,34,36-48H2,1-3H3,(H,54,57)/b11-8+,17-14+,22-20-,25-24+,27-26+,30-28-,35-33+. The van der Waals surface area contributed by atoms with Gasteiger partial charge in [0.1, 0.15) is 6.10 Å². The summed E-state index contributed by atoms with van der Waals surface area (Å²) in [5.74, 6) is -0.571. The monoisotopic (exact) mass is 822 g/mol. The highest BCUT2D eigenvalue weighted by Gasteiger charge is 2.24. The summed E-state index contributed by atoms with van der Waals surface area (Å²) in [6, 6.07) is -0.730. The molecule has 0 bridgehead atoms. The Morgan fingerprint density at radius 2 is 0.932 bits per heavy atom. The summed E-state index contributed by atoms with van der Waals surface area (Å²) in [7, 11) is 0. The third-order valence-electron chi connectivity index (χ3n) is 10.6. The van der Waals surface area contributed by atoms with Crippen LogP contribution in [-0.2, 0) is 14.3 Å². The molecule has 0 saturated carbocycles. The van der Waals surface area contributed by atoms with Crippen LogP contribution in [0.15, 0.2) is 85.1 Å². The fraction of sp³-hybridized carbons (Fsp3) is 0.698. The summed E-state index contributed by atoms with van der Waals surface area (Å²) in [6.45, 7) is 6.27. The van der Waals surface area contributed by atoms with Gasteiger partial charge in [-0.25, -0.2) is 0 Å². The molecule has 59 heavy (non-hydrogen) atoms. The number of carbonyl (C=O) groups is 2. The van der Waals surface area contributed by atoms with Gasteiger partial charge in [-0.15, -0.1) is 0 Å². The lowest BCUT2D eigenvalue weighted by Gasteiger charge is -2.24. The lowest BCUT2D eigenvalue weighted by molar-refractivity contribution is -0.151. The van der Waals surface area contributed by atoms with Gasteiger partial charge >= 0.3 is 5.97 Å². The summed E-state index contributed by atoms with van der Waals surface area (Å²) in [4.78, 5) is 26.0. The molecule has 0 rings (SSSR count). The highest BCUT2D eigenvalue weighted by Crippen LogP contribution is 2.16. The minimum absolute atomic E-state index is 0.0181. The summed E-state index contributed by atoms with van der Waals surface area (Å²) >= 11 is 0. The molecule has 3 atom stereocenters. The molecule has 0 aliphatic heterocycles. The average Bonchev–Trinajstić information content (AvgIpc) is 3.23. The number of rotatable bonds is 42. The van der Waals surface area contributed by atoms with Crippen LogP contribution in [0.1, 0.15) is 213 Å². The Bertz CT molecular complexity index is 1150. The molecule has 0 heterocycles. The summed E-state index contributed by atoms with van der Waals surface area (Å²) in [5, 5.41) is 23.6. The third-order valence-corrected chi connectivity index (χ3v) is 10.6. The largest absolute Gasteiger partial charge is 0.462 e. The Kier molecular flexibility index (Phi) is 43.8. The lowest BCUT2D eigenvalue weighted by Crippen LogP contribution is -2.46. The van der Waals surface area contributed by atoms with Crippen molar-refractivity contribution >= 4 is 11.9 Å². The van der Waals surface area contributed by atoms with Crippen LogP contribution in [0.3, 0.4) is 0 Å². The number of hydrogen-bond acceptors (Lipinski definition) is 5. The Hall–Kier alpha value is -2.96. The molecule has 0 aliphatic rings. The molecule has 3 unspecified atom stereocenters. The predicted octanol–water partition coefficient (Wildman–Crippen LogP) is 14.4. The van der Waals surface area contributed by atoms with E-state index in [9.17, 15) is 19.8 Å². The number of amides is 1. The van der Waals surface area contributed by atoms with Crippen LogP contribution in [0, 0.1) is 0 Å². The Balaban J connectivity index is 4.70. The Morgan fingerprint density at radius 1 is 0.508 bits per heavy atom. The zero-order chi connectivity index (χ0) is 43.1. The van der Waals surface area contributed by atoms with Gasteiger partial charge in [-0.05, 0) is 64.2 Å². The number of allylic oxidation sites excluding steroid dienone is 14. The lowest BCUT2D eigenvalue weighted by atomic mass is 10.0. The first-order valence-corrected chi connectivity index (χ1v) is 24.4. The Morgan fingerprint density at radius 3 is 1.44 bits per heavy atom. The minimum Gasteiger partial charge on any atom is -0.462 e. The number of nitrogens with one attached hydrogen (secondary N) is 1. The second-order valence-electron chi connectivity index (χ2n) is 16.3. The van der Waals surface area contributed by atoms with E-state index in [0.717, 1.165) is 77.0 Å². The topological polar surface area (TPSA) is 95.9 Å². The van der Waals surface area contributed by atoms with Crippen LogP contribution < -0.4 is 5.32 Å². The minimum atomic E-state index is -0.811. The maximum atomic E-state index is 13.1. The SMILES string of the molecule is CC/C=C/C=C/C=C\C=C/C=C/CCCC(CC(=O)NC(CO)C(O)CCCCCCCCCCC)OC(=O)CCCCCCC/C=C/C=C/CCCCCCCCC. The van der Waals surface area contributed by atoms with Crippen molar-refractivity contribution in [2.45, 2.75) is 232 Å². The van der Waals surface area contributed by atoms with Crippen LogP contribution in [0.2, 0.25) is 0 Å². The molecule has 338 valence electrons. The molecule has 1 amide bonds. The van der Waals surface area contributed by atoms with E-state index in [2.05, 4.69) is 62.5 Å². The average molecular weight is 822 g/mol. The van der Waals surface area contributed by atoms with Crippen molar-refractivity contribution in [3.8, 4) is 0 Å². The molecule has 3 N–H and O–H groups in total. The van der Waals surface area contributed by atoms with Crippen LogP contribution >= 0.6 is 0 Å². The second kappa shape index (κ2) is 46.1. The summed E-state index contributed by atoms with van der Waals surface area (Å²) < 4.78 is 5.87. The van der Waals surface area contributed by atoms with E-state index in [0.29, 0.717) is 19.3 Å². The first kappa shape index (κ1) is 56.0. The predicted molar refractivity (Wildman–Crippen MR) is 254 cm³/mol. The molecule has 0 aromatic carbocycles. The van der Waals surface area contributed by atoms with Crippen LogP contribution in [0.4, 0.5) is 0 Å². The van der Waals surface area contributed by atoms with Gasteiger partial charge in [-0.3, -0.25) is 9.59 Å². The zero-order valence-electron chi connectivity index (χ0n) is 38.4. The highest BCUT2D eigenvalue weighted by molar-refractivity contribution is 5.77. The van der Waals surface area contributed by atoms with Gasteiger partial charge in [0.2, 0.25) is 5.91 Å². The van der Waals surface area contributed by atoms with Gasteiger partial charge in [0.15, 0.2) is 0 Å². The maximum Gasteiger partial charge on any atom is 0.306 e. The molecule has 0 saturated heterocycles. The van der Waals surface area contributed by atoms with Crippen LogP contribution in [0.5, 0.6) is 0 Å². The fourth-order valence-electron chi connectivity index (χ4n) is 6.92. The van der Waals surface area contributed by atoms with E-state index < -0.39 is 18.2 Å². The van der Waals surface area contributed by atoms with Crippen molar-refractivity contribution in [3.63, 3.8) is 0 Å². The number of unbranched alkanes of at least 4 members (excludes halogenated alkanes) is 21. The summed E-state index contributed by atoms with van der Waals surface area (Å²) in [5.41, 5.74) is 0. The van der Waals surface area contributed by atoms with Crippen LogP contribution in [-0.4, -0.2) is 46.9 Å². The normalized spacial score (nSPS) is 14.1. The van der Waals surface area contributed by atoms with Crippen molar-refractivity contribution in [2.24, 2.45) is 0 Å². The zero-order valence-corrected chi connectivity index (χ0v) is 38.4. The first-order chi connectivity index (χ1) is 29.0. The highest BCUT2D eigenvalue weighted by atomic mass is 16.5. The van der Waals surface area contributed by atoms with Gasteiger partial charge < -0.3 is 20.3 Å². The van der Waals surface area contributed by atoms with Crippen molar-refractivity contribution in [3.05, 3.63) is 85.1 Å². The fourth-order valence-corrected chi connectivity index (χ4v) is 6.92. The van der Waals surface area contributed by atoms with Gasteiger partial charge in [0.25, 0.3) is 0 Å². The molecule has 0 spiro atoms. The number of aliphatic hydroxyl groups is 2. The summed E-state index contributed by atoms with van der Waals surface area (Å²) in [6.07, 6.45) is 59.4. The molecule has 0 aliphatic carbocycles. The van der Waals surface area contributed by atoms with Crippen molar-refractivity contribution in [2.75, 3.05) is 6.61 Å². The van der Waals surface area contributed by atoms with Crippen molar-refractivity contribution in [1.82, 2.24) is 5.32 Å². The molecular weight excluding hydrogens is 731 g/mol. The number of carbonyl (C=O) groups excluding carboxylic acids is 2. The molecule has 6 heteroatoms. The van der Waals surface area contributed by atoms with E-state index in [1.807, 2.05) is 48.6 Å². The van der Waals surface area contributed by atoms with E-state index in [4.69, 9.17) is 4.74 Å². The Labute approximate surface area is 363 Å². The third kappa shape index (κ3) is 41.6. The number of ether oxygens (including phenoxy) is 1. The van der Waals surface area contributed by atoms with E-state index in [1.54, 1.807) is 0 Å². The van der Waals surface area contributed by atoms with Gasteiger partial charge in [0.05, 0.1) is 25.2 Å². The van der Waals surface area contributed by atoms with Gasteiger partial charge in [-0.2, -0.15) is 0 Å². The quantitative estimate of drug-likeness (QED) is 0.0324. The van der Waals surface area contributed by atoms with Crippen molar-refractivity contribution < 1.29 is 24.5 Å². The first-order valence-electron chi connectivity index (χ1n) is 24.4. The van der Waals surface area contributed by atoms with Gasteiger partial charge in [0, 0.05) is 6.42 Å². The molecular formula is C53H91NO5. The molecule has 6 nitrogen and oxygen atoms in total. The molecule has 0 fully saturated rings. The number of esters is 1. The maximum absolute atomic E-state index is 13.1. The van der Waals surface area contributed by atoms with Gasteiger partial charge in [-0.1, -0.05) is 221 Å². The van der Waals surface area contributed by atoms with E-state index >= 15 is 0 Å². The molecule has 0 radical (unpaired) electrons. The second-order valence-corrected chi connectivity index (χ2v) is 16.3. The number of hydrogen-bond donors (Lipinski definition) is 3. The van der Waals surface area contributed by atoms with E-state index in [1.165, 1.54) is 89.9 Å².